The van der Waals surface area contributed by atoms with Crippen LogP contribution >= 0.6 is 0 Å². The van der Waals surface area contributed by atoms with E-state index >= 15 is 0 Å². The summed E-state index contributed by atoms with van der Waals surface area (Å²) in [6, 6.07) is 4.76. The Bertz CT molecular complexity index is 427. The standard InChI is InChI=1S/C7H5NO5.C2H4O3/c9-7(10)13-6-3-1-5(2-4-6)8(11)12;1-5-2(3)4/h1-4H,(H,9,10);1H3,(H,3,4). The van der Waals surface area contributed by atoms with Crippen LogP contribution in [0.15, 0.2) is 24.3 Å². The number of carboxylic acid groups (broad SMARTS) is 2. The Hall–Kier alpha value is -2.84. The van der Waals surface area contributed by atoms with E-state index in [0.717, 1.165) is 19.2 Å². The smallest absolute Gasteiger partial charge is 0.450 e. The van der Waals surface area contributed by atoms with E-state index in [1.807, 2.05) is 0 Å². The van der Waals surface area contributed by atoms with Crippen LogP contribution < -0.4 is 4.74 Å². The lowest BCUT2D eigenvalue weighted by Gasteiger charge is -1.97. The van der Waals surface area contributed by atoms with Crippen molar-refractivity contribution in [3.63, 3.8) is 0 Å². The normalized spacial score (nSPS) is 8.50. The lowest BCUT2D eigenvalue weighted by molar-refractivity contribution is -0.384. The highest BCUT2D eigenvalue weighted by atomic mass is 16.7. The molecule has 98 valence electrons. The second kappa shape index (κ2) is 7.44. The summed E-state index contributed by atoms with van der Waals surface area (Å²) in [6.45, 7) is 0. The highest BCUT2D eigenvalue weighted by molar-refractivity contribution is 5.61. The average molecular weight is 259 g/mol. The molecule has 0 aromatic heterocycles. The zero-order valence-electron chi connectivity index (χ0n) is 9.10. The number of rotatable bonds is 2. The van der Waals surface area contributed by atoms with Crippen molar-refractivity contribution >= 4 is 18.0 Å². The number of methoxy groups -OCH3 is 1. The van der Waals surface area contributed by atoms with Crippen molar-refractivity contribution in [2.45, 2.75) is 0 Å². The minimum absolute atomic E-state index is 0.0538. The summed E-state index contributed by atoms with van der Waals surface area (Å²) in [6.07, 6.45) is -2.70. The molecule has 18 heavy (non-hydrogen) atoms. The molecule has 1 aromatic rings. The van der Waals surface area contributed by atoms with E-state index in [1.165, 1.54) is 12.1 Å². The maximum absolute atomic E-state index is 10.2. The SMILES string of the molecule is COC(=O)O.O=C(O)Oc1ccc([N+](=O)[O-])cc1. The Morgan fingerprint density at radius 3 is 1.89 bits per heavy atom. The maximum Gasteiger partial charge on any atom is 0.511 e. The van der Waals surface area contributed by atoms with E-state index < -0.39 is 17.2 Å². The Kier molecular flexibility index (Phi) is 6.26. The molecule has 0 atom stereocenters. The van der Waals surface area contributed by atoms with Crippen LogP contribution in [-0.2, 0) is 4.74 Å². The van der Waals surface area contributed by atoms with Gasteiger partial charge in [-0.05, 0) is 12.1 Å². The van der Waals surface area contributed by atoms with Crippen LogP contribution in [0.4, 0.5) is 15.3 Å². The highest BCUT2D eigenvalue weighted by Crippen LogP contribution is 2.17. The van der Waals surface area contributed by atoms with E-state index in [1.54, 1.807) is 0 Å². The van der Waals surface area contributed by atoms with Crippen LogP contribution in [0.3, 0.4) is 0 Å². The lowest BCUT2D eigenvalue weighted by atomic mass is 10.3. The largest absolute Gasteiger partial charge is 0.511 e. The molecule has 0 aliphatic carbocycles. The Morgan fingerprint density at radius 1 is 1.17 bits per heavy atom. The number of non-ortho nitro benzene ring substituents is 1. The molecular weight excluding hydrogens is 250 g/mol. The average Bonchev–Trinajstić information content (AvgIpc) is 2.29. The fourth-order valence-corrected chi connectivity index (χ4v) is 0.737. The van der Waals surface area contributed by atoms with Crippen molar-refractivity contribution < 1.29 is 34.2 Å². The molecule has 2 N–H and O–H groups in total. The molecule has 0 bridgehead atoms. The van der Waals surface area contributed by atoms with Gasteiger partial charge in [-0.25, -0.2) is 9.59 Å². The van der Waals surface area contributed by atoms with E-state index in [4.69, 9.17) is 15.0 Å². The Balaban J connectivity index is 0.000000494. The van der Waals surface area contributed by atoms with Crippen LogP contribution in [0.5, 0.6) is 5.75 Å². The summed E-state index contributed by atoms with van der Waals surface area (Å²) in [5, 5.41) is 25.9. The van der Waals surface area contributed by atoms with E-state index in [-0.39, 0.29) is 11.4 Å². The quantitative estimate of drug-likeness (QED) is 0.356. The Labute approximate surface area is 100 Å². The van der Waals surface area contributed by atoms with Gasteiger partial charge in [-0.1, -0.05) is 0 Å². The molecule has 9 heteroatoms. The molecule has 0 spiro atoms. The third-order valence-corrected chi connectivity index (χ3v) is 1.43. The van der Waals surface area contributed by atoms with Gasteiger partial charge in [0.1, 0.15) is 5.75 Å². The van der Waals surface area contributed by atoms with Gasteiger partial charge in [0, 0.05) is 12.1 Å². The predicted octanol–water partition coefficient (Wildman–Crippen LogP) is 1.96. The highest BCUT2D eigenvalue weighted by Gasteiger charge is 2.05. The number of benzene rings is 1. The Morgan fingerprint density at radius 2 is 1.61 bits per heavy atom. The fraction of sp³-hybridized carbons (Fsp3) is 0.111. The fourth-order valence-electron chi connectivity index (χ4n) is 0.737. The van der Waals surface area contributed by atoms with Gasteiger partial charge < -0.3 is 19.7 Å². The topological polar surface area (TPSA) is 136 Å². The van der Waals surface area contributed by atoms with Gasteiger partial charge in [0.25, 0.3) is 5.69 Å². The van der Waals surface area contributed by atoms with Crippen LogP contribution in [0.1, 0.15) is 0 Å². The van der Waals surface area contributed by atoms with Crippen LogP contribution in [0, 0.1) is 10.1 Å². The van der Waals surface area contributed by atoms with Crippen LogP contribution in [-0.4, -0.2) is 34.6 Å². The first kappa shape index (κ1) is 15.2. The molecule has 0 fully saturated rings. The molecule has 0 amide bonds. The van der Waals surface area contributed by atoms with Crippen molar-refractivity contribution in [3.8, 4) is 5.75 Å². The van der Waals surface area contributed by atoms with Crippen LogP contribution in [0.2, 0.25) is 0 Å². The van der Waals surface area contributed by atoms with Gasteiger partial charge in [-0.3, -0.25) is 10.1 Å². The zero-order chi connectivity index (χ0) is 14.1. The molecule has 0 unspecified atom stereocenters. The third kappa shape index (κ3) is 6.61. The van der Waals surface area contributed by atoms with Crippen molar-refractivity contribution in [1.29, 1.82) is 0 Å². The van der Waals surface area contributed by atoms with Gasteiger partial charge in [0.15, 0.2) is 0 Å². The number of ether oxygens (including phenoxy) is 2. The number of hydrogen-bond donors (Lipinski definition) is 2. The third-order valence-electron chi connectivity index (χ3n) is 1.43. The number of nitro benzene ring substituents is 1. The summed E-state index contributed by atoms with van der Waals surface area (Å²) in [5.74, 6) is 0.0538. The van der Waals surface area contributed by atoms with Crippen molar-refractivity contribution in [3.05, 3.63) is 34.4 Å². The summed E-state index contributed by atoms with van der Waals surface area (Å²) in [4.78, 5) is 28.8. The molecule has 1 aromatic carbocycles. The van der Waals surface area contributed by atoms with Crippen LogP contribution in [0.25, 0.3) is 0 Å². The van der Waals surface area contributed by atoms with Crippen molar-refractivity contribution in [2.75, 3.05) is 7.11 Å². The molecule has 0 aliphatic heterocycles. The predicted molar refractivity (Wildman–Crippen MR) is 56.8 cm³/mol. The van der Waals surface area contributed by atoms with Gasteiger partial charge >= 0.3 is 12.3 Å². The minimum Gasteiger partial charge on any atom is -0.450 e. The van der Waals surface area contributed by atoms with Gasteiger partial charge in [0.2, 0.25) is 0 Å². The van der Waals surface area contributed by atoms with E-state index in [2.05, 4.69) is 9.47 Å². The zero-order valence-corrected chi connectivity index (χ0v) is 9.10. The lowest BCUT2D eigenvalue weighted by Crippen LogP contribution is -2.02. The molecule has 0 saturated carbocycles. The van der Waals surface area contributed by atoms with E-state index in [9.17, 15) is 14.9 Å². The molecule has 0 radical (unpaired) electrons. The molecule has 1 rings (SSSR count). The van der Waals surface area contributed by atoms with Gasteiger partial charge in [-0.15, -0.1) is 0 Å². The first-order valence-electron chi connectivity index (χ1n) is 4.29. The van der Waals surface area contributed by atoms with Crippen molar-refractivity contribution in [1.82, 2.24) is 0 Å². The number of nitrogens with zero attached hydrogens (tertiary/aromatic N) is 1. The summed E-state index contributed by atoms with van der Waals surface area (Å²) < 4.78 is 7.91. The van der Waals surface area contributed by atoms with Gasteiger partial charge in [-0.2, -0.15) is 0 Å². The minimum atomic E-state index is -1.45. The summed E-state index contributed by atoms with van der Waals surface area (Å²) >= 11 is 0. The summed E-state index contributed by atoms with van der Waals surface area (Å²) in [7, 11) is 1.10. The maximum atomic E-state index is 10.2. The number of nitro groups is 1. The molecule has 9 nitrogen and oxygen atoms in total. The molecule has 0 aliphatic rings. The molecule has 0 saturated heterocycles. The van der Waals surface area contributed by atoms with Gasteiger partial charge in [0.05, 0.1) is 12.0 Å². The van der Waals surface area contributed by atoms with E-state index in [0.29, 0.717) is 0 Å². The van der Waals surface area contributed by atoms with Crippen molar-refractivity contribution in [2.24, 2.45) is 0 Å². The number of carbonyl (C=O) groups is 2. The summed E-state index contributed by atoms with van der Waals surface area (Å²) in [5.41, 5.74) is -0.113. The first-order valence-corrected chi connectivity index (χ1v) is 4.29. The molecule has 0 heterocycles. The number of hydrogen-bond acceptors (Lipinski definition) is 6. The second-order valence-corrected chi connectivity index (χ2v) is 2.59. The second-order valence-electron chi connectivity index (χ2n) is 2.59. The first-order chi connectivity index (χ1) is 8.36. The molecular formula is C9H9NO8. The monoisotopic (exact) mass is 259 g/mol.